The Balaban J connectivity index is 3.17. The summed E-state index contributed by atoms with van der Waals surface area (Å²) in [5.41, 5.74) is 4.83. The van der Waals surface area contributed by atoms with Gasteiger partial charge in [-0.25, -0.2) is 4.39 Å². The summed E-state index contributed by atoms with van der Waals surface area (Å²) < 4.78 is 17.8. The minimum atomic E-state index is -1.38. The third-order valence-corrected chi connectivity index (χ3v) is 0.211. The Morgan fingerprint density at radius 2 is 2.60 bits per heavy atom. The van der Waals surface area contributed by atoms with Crippen molar-refractivity contribution < 1.29 is 5.76 Å². The van der Waals surface area contributed by atoms with Crippen molar-refractivity contribution in [3.8, 4) is 0 Å². The average Bonchev–Trinajstić information content (AvgIpc) is 1.35. The maximum Gasteiger partial charge on any atom is 0.104 e. The lowest BCUT2D eigenvalue weighted by atomic mass is 10.4. The Kier molecular flexibility index (Phi) is 1.33. The SMILES string of the molecule is [2H]C(C)(N)CF. The molecule has 1 unspecified atom stereocenters. The summed E-state index contributed by atoms with van der Waals surface area (Å²) >= 11 is 0. The largest absolute Gasteiger partial charge is 0.326 e. The van der Waals surface area contributed by atoms with Crippen molar-refractivity contribution in [3.05, 3.63) is 0 Å². The first kappa shape index (κ1) is 3.09. The summed E-state index contributed by atoms with van der Waals surface area (Å²) in [6.45, 7) is 0.528. The van der Waals surface area contributed by atoms with E-state index in [1.165, 1.54) is 6.92 Å². The highest BCUT2D eigenvalue weighted by atomic mass is 19.1. The van der Waals surface area contributed by atoms with E-state index in [9.17, 15) is 4.39 Å². The molecule has 2 N–H and O–H groups in total. The second kappa shape index (κ2) is 2.15. The molecule has 0 aromatic rings. The third-order valence-electron chi connectivity index (χ3n) is 0.211. The molecule has 2 heteroatoms. The van der Waals surface area contributed by atoms with Gasteiger partial charge in [0, 0.05) is 7.39 Å². The van der Waals surface area contributed by atoms with Crippen LogP contribution in [0.2, 0.25) is 0 Å². The molecule has 1 atom stereocenters. The Labute approximate surface area is 32.4 Å². The zero-order valence-electron chi connectivity index (χ0n) is 4.16. The van der Waals surface area contributed by atoms with E-state index in [0.29, 0.717) is 0 Å². The van der Waals surface area contributed by atoms with Gasteiger partial charge in [0.1, 0.15) is 6.67 Å². The van der Waals surface area contributed by atoms with Gasteiger partial charge >= 0.3 is 0 Å². The van der Waals surface area contributed by atoms with Crippen LogP contribution in [0.15, 0.2) is 0 Å². The fraction of sp³-hybridized carbons (Fsp3) is 1.00. The van der Waals surface area contributed by atoms with Crippen LogP contribution >= 0.6 is 0 Å². The molecule has 0 saturated heterocycles. The average molecular weight is 78.1 g/mol. The summed E-state index contributed by atoms with van der Waals surface area (Å²) in [6.07, 6.45) is 0. The van der Waals surface area contributed by atoms with Gasteiger partial charge < -0.3 is 5.73 Å². The molecule has 0 aliphatic heterocycles. The van der Waals surface area contributed by atoms with Gasteiger partial charge in [-0.2, -0.15) is 0 Å². The molecule has 0 aromatic heterocycles. The predicted molar refractivity (Wildman–Crippen MR) is 19.6 cm³/mol. The molecule has 0 aliphatic rings. The van der Waals surface area contributed by atoms with Gasteiger partial charge in [0.25, 0.3) is 0 Å². The van der Waals surface area contributed by atoms with Crippen molar-refractivity contribution in [1.29, 1.82) is 0 Å². The number of hydrogen-bond donors (Lipinski definition) is 1. The molecule has 1 nitrogen and oxygen atoms in total. The second-order valence-electron chi connectivity index (χ2n) is 0.980. The summed E-state index contributed by atoms with van der Waals surface area (Å²) in [5.74, 6) is 0. The lowest BCUT2D eigenvalue weighted by Crippen LogP contribution is -2.16. The van der Waals surface area contributed by atoms with Gasteiger partial charge in [-0.1, -0.05) is 0 Å². The van der Waals surface area contributed by atoms with Crippen molar-refractivity contribution in [2.75, 3.05) is 6.67 Å². The number of hydrogen-bond acceptors (Lipinski definition) is 1. The Bertz CT molecular complexity index is 40.5. The van der Waals surface area contributed by atoms with E-state index in [4.69, 9.17) is 7.10 Å². The minimum absolute atomic E-state index is 0.785. The highest BCUT2D eigenvalue weighted by Crippen LogP contribution is 1.70. The quantitative estimate of drug-likeness (QED) is 0.479. The zero-order chi connectivity index (χ0) is 5.21. The van der Waals surface area contributed by atoms with Crippen molar-refractivity contribution in [3.63, 3.8) is 0 Å². The fourth-order valence-electron chi connectivity index (χ4n) is 0. The summed E-state index contributed by atoms with van der Waals surface area (Å²) in [6, 6.07) is -1.38. The van der Waals surface area contributed by atoms with E-state index in [1.54, 1.807) is 0 Å². The molecule has 0 rings (SSSR count). The maximum absolute atomic E-state index is 11.2. The smallest absolute Gasteiger partial charge is 0.104 e. The van der Waals surface area contributed by atoms with Crippen LogP contribution < -0.4 is 5.73 Å². The van der Waals surface area contributed by atoms with Crippen molar-refractivity contribution in [2.45, 2.75) is 12.9 Å². The van der Waals surface area contributed by atoms with Crippen LogP contribution in [0, 0.1) is 0 Å². The molecule has 32 valence electrons. The van der Waals surface area contributed by atoms with Gasteiger partial charge in [0.2, 0.25) is 0 Å². The lowest BCUT2D eigenvalue weighted by Gasteiger charge is -1.88. The Morgan fingerprint density at radius 3 is 2.60 bits per heavy atom. The first-order valence-electron chi connectivity index (χ1n) is 1.91. The molecule has 5 heavy (non-hydrogen) atoms. The van der Waals surface area contributed by atoms with Crippen LogP contribution in [-0.4, -0.2) is 12.7 Å². The maximum atomic E-state index is 11.2. The molecule has 0 heterocycles. The van der Waals surface area contributed by atoms with E-state index in [-0.39, 0.29) is 0 Å². The molecular weight excluding hydrogens is 69.0 g/mol. The highest BCUT2D eigenvalue weighted by molar-refractivity contribution is 4.44. The van der Waals surface area contributed by atoms with Gasteiger partial charge in [0.05, 0.1) is 0 Å². The van der Waals surface area contributed by atoms with Gasteiger partial charge in [-0.3, -0.25) is 0 Å². The topological polar surface area (TPSA) is 26.0 Å². The first-order valence-corrected chi connectivity index (χ1v) is 1.41. The monoisotopic (exact) mass is 78.1 g/mol. The molecule has 0 radical (unpaired) electrons. The van der Waals surface area contributed by atoms with Crippen molar-refractivity contribution in [1.82, 2.24) is 0 Å². The number of alkyl halides is 1. The molecule has 0 spiro atoms. The molecule has 0 bridgehead atoms. The molecule has 0 saturated carbocycles. The van der Waals surface area contributed by atoms with Gasteiger partial charge in [-0.05, 0) is 6.92 Å². The molecular formula is C3H8FN. The van der Waals surface area contributed by atoms with Crippen molar-refractivity contribution >= 4 is 0 Å². The van der Waals surface area contributed by atoms with Crippen LogP contribution in [-0.2, 0) is 0 Å². The minimum Gasteiger partial charge on any atom is -0.326 e. The standard InChI is InChI=1S/C3H8FN/c1-3(5)2-4/h3H,2,5H2,1H3/i3D. The van der Waals surface area contributed by atoms with Crippen LogP contribution in [0.1, 0.15) is 8.29 Å². The zero-order valence-corrected chi connectivity index (χ0v) is 3.16. The van der Waals surface area contributed by atoms with Gasteiger partial charge in [0.15, 0.2) is 0 Å². The van der Waals surface area contributed by atoms with Crippen LogP contribution in [0.3, 0.4) is 0 Å². The van der Waals surface area contributed by atoms with Crippen LogP contribution in [0.5, 0.6) is 0 Å². The van der Waals surface area contributed by atoms with E-state index in [2.05, 4.69) is 0 Å². The van der Waals surface area contributed by atoms with Crippen LogP contribution in [0.25, 0.3) is 0 Å². The number of rotatable bonds is 1. The second-order valence-corrected chi connectivity index (χ2v) is 0.980. The number of nitrogens with two attached hydrogens (primary N) is 1. The van der Waals surface area contributed by atoms with Crippen molar-refractivity contribution in [2.24, 2.45) is 5.73 Å². The first-order chi connectivity index (χ1) is 2.56. The Hall–Kier alpha value is -0.110. The third kappa shape index (κ3) is 3.89. The predicted octanol–water partition coefficient (Wildman–Crippen LogP) is 0.303. The molecule has 0 fully saturated rings. The van der Waals surface area contributed by atoms with Gasteiger partial charge in [-0.15, -0.1) is 0 Å². The number of halogens is 1. The fourth-order valence-corrected chi connectivity index (χ4v) is 0. The molecule has 0 aromatic carbocycles. The highest BCUT2D eigenvalue weighted by Gasteiger charge is 1.83. The summed E-state index contributed by atoms with van der Waals surface area (Å²) in [4.78, 5) is 0. The molecule has 0 amide bonds. The summed E-state index contributed by atoms with van der Waals surface area (Å²) in [5, 5.41) is 0. The lowest BCUT2D eigenvalue weighted by molar-refractivity contribution is 0.445. The van der Waals surface area contributed by atoms with Crippen LogP contribution in [0.4, 0.5) is 4.39 Å². The van der Waals surface area contributed by atoms with E-state index < -0.39 is 12.7 Å². The summed E-state index contributed by atoms with van der Waals surface area (Å²) in [7, 11) is 0. The Morgan fingerprint density at radius 1 is 2.40 bits per heavy atom. The van der Waals surface area contributed by atoms with E-state index in [0.717, 1.165) is 0 Å². The normalized spacial score (nSPS) is 24.2. The van der Waals surface area contributed by atoms with E-state index >= 15 is 0 Å². The van der Waals surface area contributed by atoms with E-state index in [1.807, 2.05) is 0 Å². The molecule has 0 aliphatic carbocycles.